The average molecular weight is 579 g/mol. The molecule has 0 spiro atoms. The molecular weight excluding hydrogens is 556 g/mol. The molecule has 1 saturated heterocycles. The number of halogens is 1. The number of Topliss-reactive ketones (excluding diaryl/α,β-unsaturated/α-hetero) is 1. The zero-order chi connectivity index (χ0) is 27.4. The van der Waals surface area contributed by atoms with Crippen molar-refractivity contribution in [2.45, 2.75) is 29.5 Å². The molecule has 1 fully saturated rings. The predicted molar refractivity (Wildman–Crippen MR) is 152 cm³/mol. The largest absolute Gasteiger partial charge is 0.507 e. The number of hydrogen-bond acceptors (Lipinski definition) is 9. The number of aromatic nitrogens is 3. The number of carbonyl (C=O) groups excluding carboxylic acids is 2. The maximum absolute atomic E-state index is 13.3. The Morgan fingerprint density at radius 3 is 2.46 bits per heavy atom. The maximum atomic E-state index is 13.3. The highest BCUT2D eigenvalue weighted by Gasteiger charge is 2.48. The lowest BCUT2D eigenvalue weighted by atomic mass is 9.96. The highest BCUT2D eigenvalue weighted by Crippen LogP contribution is 2.44. The molecule has 5 rings (SSSR count). The van der Waals surface area contributed by atoms with Gasteiger partial charge in [0.1, 0.15) is 11.5 Å². The van der Waals surface area contributed by atoms with E-state index in [2.05, 4.69) is 15.2 Å². The van der Waals surface area contributed by atoms with Gasteiger partial charge in [0.2, 0.25) is 5.13 Å². The van der Waals surface area contributed by atoms with E-state index in [0.717, 1.165) is 12.0 Å². The van der Waals surface area contributed by atoms with Crippen LogP contribution in [0.5, 0.6) is 5.75 Å². The van der Waals surface area contributed by atoms with E-state index in [1.807, 2.05) is 31.2 Å². The van der Waals surface area contributed by atoms with Crippen molar-refractivity contribution in [3.05, 3.63) is 100 Å². The summed E-state index contributed by atoms with van der Waals surface area (Å²) in [6, 6.07) is 16.8. The molecular formula is C28H23ClN4O4S2. The van der Waals surface area contributed by atoms with E-state index in [1.165, 1.54) is 28.0 Å². The lowest BCUT2D eigenvalue weighted by molar-refractivity contribution is -0.132. The molecule has 1 N–H and O–H groups in total. The number of aliphatic hydroxyl groups is 1. The third-order valence-electron chi connectivity index (χ3n) is 5.94. The van der Waals surface area contributed by atoms with E-state index in [0.29, 0.717) is 38.6 Å². The van der Waals surface area contributed by atoms with Crippen molar-refractivity contribution in [3.8, 4) is 5.75 Å². The van der Waals surface area contributed by atoms with E-state index in [4.69, 9.17) is 16.3 Å². The van der Waals surface area contributed by atoms with Crippen LogP contribution in [0.1, 0.15) is 36.1 Å². The Hall–Kier alpha value is -3.73. The molecule has 1 amide bonds. The Morgan fingerprint density at radius 1 is 1.05 bits per heavy atom. The standard InChI is InChI=1S/C28H23ClN4O4S2/c1-2-15-37-21-9-5-19(6-10-21)24(34)22-23(18-11-13-30-14-12-18)33(26(36)25(22)35)27-31-32-28(39-27)38-16-17-3-7-20(29)8-4-17/h3-14,23,34H,2,15-16H2,1H3/b24-22-. The molecule has 1 aliphatic rings. The smallest absolute Gasteiger partial charge is 0.301 e. The number of thioether (sulfide) groups is 1. The summed E-state index contributed by atoms with van der Waals surface area (Å²) < 4.78 is 6.26. The topological polar surface area (TPSA) is 106 Å². The van der Waals surface area contributed by atoms with Gasteiger partial charge in [0.15, 0.2) is 4.34 Å². The van der Waals surface area contributed by atoms with Crippen LogP contribution in [-0.2, 0) is 15.3 Å². The zero-order valence-electron chi connectivity index (χ0n) is 20.8. The molecule has 0 aliphatic carbocycles. The van der Waals surface area contributed by atoms with E-state index >= 15 is 0 Å². The minimum Gasteiger partial charge on any atom is -0.507 e. The van der Waals surface area contributed by atoms with Crippen LogP contribution in [0.15, 0.2) is 83.0 Å². The third-order valence-corrected chi connectivity index (χ3v) is 8.32. The molecule has 4 aromatic rings. The highest BCUT2D eigenvalue weighted by atomic mass is 35.5. The molecule has 1 atom stereocenters. The number of benzene rings is 2. The minimum atomic E-state index is -0.897. The Bertz CT molecular complexity index is 1510. The van der Waals surface area contributed by atoms with Crippen LogP contribution in [0.2, 0.25) is 5.02 Å². The summed E-state index contributed by atoms with van der Waals surface area (Å²) in [6.45, 7) is 2.58. The van der Waals surface area contributed by atoms with Crippen molar-refractivity contribution in [1.82, 2.24) is 15.2 Å². The summed E-state index contributed by atoms with van der Waals surface area (Å²) in [6.07, 6.45) is 4.01. The lowest BCUT2D eigenvalue weighted by Crippen LogP contribution is -2.29. The first-order valence-corrected chi connectivity index (χ1v) is 14.3. The molecule has 0 bridgehead atoms. The summed E-state index contributed by atoms with van der Waals surface area (Å²) in [5.41, 5.74) is 2.04. The van der Waals surface area contributed by atoms with Gasteiger partial charge in [0, 0.05) is 28.7 Å². The monoisotopic (exact) mass is 578 g/mol. The zero-order valence-corrected chi connectivity index (χ0v) is 23.2. The molecule has 198 valence electrons. The Morgan fingerprint density at radius 2 is 1.77 bits per heavy atom. The number of amides is 1. The van der Waals surface area contributed by atoms with Crippen LogP contribution in [0, 0.1) is 0 Å². The Balaban J connectivity index is 1.48. The van der Waals surface area contributed by atoms with Gasteiger partial charge in [-0.05, 0) is 66.1 Å². The molecule has 11 heteroatoms. The molecule has 1 unspecified atom stereocenters. The van der Waals surface area contributed by atoms with Gasteiger partial charge >= 0.3 is 5.91 Å². The van der Waals surface area contributed by atoms with E-state index in [-0.39, 0.29) is 16.5 Å². The van der Waals surface area contributed by atoms with Crippen LogP contribution >= 0.6 is 34.7 Å². The van der Waals surface area contributed by atoms with Gasteiger partial charge < -0.3 is 9.84 Å². The third kappa shape index (κ3) is 5.83. The number of hydrogen-bond donors (Lipinski definition) is 1. The summed E-state index contributed by atoms with van der Waals surface area (Å²) >= 11 is 8.64. The number of rotatable bonds is 9. The second-order valence-electron chi connectivity index (χ2n) is 8.59. The van der Waals surface area contributed by atoms with Gasteiger partial charge in [-0.15, -0.1) is 10.2 Å². The number of aliphatic hydroxyl groups excluding tert-OH is 1. The molecule has 3 heterocycles. The fourth-order valence-corrected chi connectivity index (χ4v) is 6.01. The number of pyridine rings is 1. The Labute approximate surface area is 238 Å². The first-order chi connectivity index (χ1) is 19.0. The molecule has 8 nitrogen and oxygen atoms in total. The van der Waals surface area contributed by atoms with Crippen LogP contribution < -0.4 is 9.64 Å². The van der Waals surface area contributed by atoms with Crippen LogP contribution in [0.4, 0.5) is 5.13 Å². The average Bonchev–Trinajstić information content (AvgIpc) is 3.54. The number of anilines is 1. The number of carbonyl (C=O) groups is 2. The molecule has 0 saturated carbocycles. The second kappa shape index (κ2) is 12.0. The van der Waals surface area contributed by atoms with Crippen molar-refractivity contribution in [3.63, 3.8) is 0 Å². The summed E-state index contributed by atoms with van der Waals surface area (Å²) in [5.74, 6) is -0.576. The van der Waals surface area contributed by atoms with Crippen molar-refractivity contribution in [1.29, 1.82) is 0 Å². The van der Waals surface area contributed by atoms with Gasteiger partial charge in [0.25, 0.3) is 5.78 Å². The number of nitrogens with zero attached hydrogens (tertiary/aromatic N) is 4. The van der Waals surface area contributed by atoms with Crippen LogP contribution in [0.25, 0.3) is 5.76 Å². The van der Waals surface area contributed by atoms with E-state index in [9.17, 15) is 14.7 Å². The number of ketones is 1. The van der Waals surface area contributed by atoms with Gasteiger partial charge in [-0.1, -0.05) is 53.8 Å². The highest BCUT2D eigenvalue weighted by molar-refractivity contribution is 8.00. The van der Waals surface area contributed by atoms with Crippen LogP contribution in [0.3, 0.4) is 0 Å². The van der Waals surface area contributed by atoms with Gasteiger partial charge in [-0.2, -0.15) is 0 Å². The molecule has 1 aliphatic heterocycles. The first-order valence-electron chi connectivity index (χ1n) is 12.1. The molecule has 2 aromatic carbocycles. The predicted octanol–water partition coefficient (Wildman–Crippen LogP) is 6.29. The van der Waals surface area contributed by atoms with Gasteiger partial charge in [-0.3, -0.25) is 19.5 Å². The van der Waals surface area contributed by atoms with E-state index < -0.39 is 17.7 Å². The minimum absolute atomic E-state index is 0.0287. The molecule has 0 radical (unpaired) electrons. The SMILES string of the molecule is CCCOc1ccc(/C(O)=C2/C(=O)C(=O)N(c3nnc(SCc4ccc(Cl)cc4)s3)C2c2ccncc2)cc1. The van der Waals surface area contributed by atoms with Gasteiger partial charge in [0.05, 0.1) is 18.2 Å². The lowest BCUT2D eigenvalue weighted by Gasteiger charge is -2.22. The van der Waals surface area contributed by atoms with E-state index in [1.54, 1.807) is 48.8 Å². The summed E-state index contributed by atoms with van der Waals surface area (Å²) in [4.78, 5) is 32.0. The maximum Gasteiger partial charge on any atom is 0.301 e. The second-order valence-corrected chi connectivity index (χ2v) is 11.2. The molecule has 2 aromatic heterocycles. The fourth-order valence-electron chi connectivity index (χ4n) is 4.06. The summed E-state index contributed by atoms with van der Waals surface area (Å²) in [7, 11) is 0. The van der Waals surface area contributed by atoms with Crippen molar-refractivity contribution >= 4 is 57.3 Å². The quantitative estimate of drug-likeness (QED) is 0.0811. The Kier molecular flexibility index (Phi) is 8.25. The van der Waals surface area contributed by atoms with Crippen molar-refractivity contribution < 1.29 is 19.4 Å². The van der Waals surface area contributed by atoms with Crippen molar-refractivity contribution in [2.24, 2.45) is 0 Å². The number of ether oxygens (including phenoxy) is 1. The van der Waals surface area contributed by atoms with Crippen LogP contribution in [-0.4, -0.2) is 38.6 Å². The van der Waals surface area contributed by atoms with Gasteiger partial charge in [-0.25, -0.2) is 0 Å². The normalized spacial score (nSPS) is 16.6. The molecule has 39 heavy (non-hydrogen) atoms. The first kappa shape index (κ1) is 26.9. The summed E-state index contributed by atoms with van der Waals surface area (Å²) in [5, 5.41) is 20.7. The van der Waals surface area contributed by atoms with Crippen molar-refractivity contribution in [2.75, 3.05) is 11.5 Å². The fraction of sp³-hybridized carbons (Fsp3) is 0.179.